The third-order valence-electron chi connectivity index (χ3n) is 5.71. The quantitative estimate of drug-likeness (QED) is 0.561. The Morgan fingerprint density at radius 1 is 1.23 bits per heavy atom. The Bertz CT molecular complexity index is 1020. The maximum Gasteiger partial charge on any atom is 0.248 e. The monoisotopic (exact) mass is 406 g/mol. The summed E-state index contributed by atoms with van der Waals surface area (Å²) >= 11 is 0. The lowest BCUT2D eigenvalue weighted by Crippen LogP contribution is -2.51. The second kappa shape index (κ2) is 8.14. The minimum absolute atomic E-state index is 0.0281. The van der Waals surface area contributed by atoms with Gasteiger partial charge in [0.15, 0.2) is 0 Å². The summed E-state index contributed by atoms with van der Waals surface area (Å²) in [6.45, 7) is 3.76. The lowest BCUT2D eigenvalue weighted by molar-refractivity contribution is -0.123. The molecule has 2 heterocycles. The van der Waals surface area contributed by atoms with Crippen molar-refractivity contribution < 1.29 is 9.59 Å². The van der Waals surface area contributed by atoms with E-state index in [2.05, 4.69) is 25.9 Å². The molecule has 0 bridgehead atoms. The molecule has 1 aliphatic rings. The predicted molar refractivity (Wildman–Crippen MR) is 113 cm³/mol. The number of benzene rings is 1. The highest BCUT2D eigenvalue weighted by Gasteiger charge is 2.39. The molecule has 2 amide bonds. The molecule has 1 fully saturated rings. The zero-order valence-corrected chi connectivity index (χ0v) is 17.2. The number of anilines is 1. The fourth-order valence-electron chi connectivity index (χ4n) is 3.77. The van der Waals surface area contributed by atoms with E-state index < -0.39 is 6.04 Å². The average Bonchev–Trinajstić information content (AvgIpc) is 3.36. The molecule has 30 heavy (non-hydrogen) atoms. The van der Waals surface area contributed by atoms with Crippen molar-refractivity contribution in [3.05, 3.63) is 65.7 Å². The summed E-state index contributed by atoms with van der Waals surface area (Å²) in [5.41, 5.74) is 3.25. The summed E-state index contributed by atoms with van der Waals surface area (Å²) in [5.74, 6) is -0.156. The number of carbonyl (C=O) groups is 2. The Labute approximate surface area is 175 Å². The number of hydrogen-bond acceptors (Lipinski definition) is 4. The Balaban J connectivity index is 1.40. The largest absolute Gasteiger partial charge is 0.346 e. The van der Waals surface area contributed by atoms with E-state index in [1.165, 1.54) is 0 Å². The van der Waals surface area contributed by atoms with Gasteiger partial charge in [-0.05, 0) is 62.4 Å². The number of nitrogens with zero attached hydrogens (tertiary/aromatic N) is 3. The predicted octanol–water partition coefficient (Wildman–Crippen LogP) is 2.85. The van der Waals surface area contributed by atoms with Crippen molar-refractivity contribution in [3.63, 3.8) is 0 Å². The van der Waals surface area contributed by atoms with E-state index in [4.69, 9.17) is 0 Å². The van der Waals surface area contributed by atoms with Crippen LogP contribution in [0, 0.1) is 6.92 Å². The highest BCUT2D eigenvalue weighted by Crippen LogP contribution is 2.41. The summed E-state index contributed by atoms with van der Waals surface area (Å²) < 4.78 is 1.65. The van der Waals surface area contributed by atoms with Gasteiger partial charge in [0.05, 0.1) is 18.2 Å². The van der Waals surface area contributed by atoms with Crippen LogP contribution in [0.25, 0.3) is 0 Å². The van der Waals surface area contributed by atoms with Crippen molar-refractivity contribution in [1.82, 2.24) is 25.3 Å². The lowest BCUT2D eigenvalue weighted by atomic mass is 9.71. The van der Waals surface area contributed by atoms with Gasteiger partial charge in [0.25, 0.3) is 0 Å². The minimum Gasteiger partial charge on any atom is -0.346 e. The van der Waals surface area contributed by atoms with Crippen LogP contribution in [0.15, 0.2) is 48.9 Å². The van der Waals surface area contributed by atoms with Gasteiger partial charge in [-0.1, -0.05) is 12.1 Å². The number of H-pyrrole nitrogens is 1. The molecule has 3 N–H and O–H groups in total. The van der Waals surface area contributed by atoms with Crippen molar-refractivity contribution in [2.75, 3.05) is 5.32 Å². The van der Waals surface area contributed by atoms with Crippen molar-refractivity contribution >= 4 is 17.5 Å². The first-order valence-electron chi connectivity index (χ1n) is 10.2. The Hall–Kier alpha value is -3.42. The van der Waals surface area contributed by atoms with Crippen LogP contribution in [0.1, 0.15) is 49.0 Å². The summed E-state index contributed by atoms with van der Waals surface area (Å²) in [5, 5.41) is 17.0. The molecule has 1 saturated carbocycles. The van der Waals surface area contributed by atoms with E-state index in [0.29, 0.717) is 0 Å². The maximum absolute atomic E-state index is 12.5. The molecule has 1 aliphatic carbocycles. The van der Waals surface area contributed by atoms with Gasteiger partial charge in [-0.15, -0.1) is 0 Å². The van der Waals surface area contributed by atoms with Gasteiger partial charge >= 0.3 is 0 Å². The number of aryl methyl sites for hydroxylation is 1. The number of aromatic amines is 1. The number of aromatic nitrogens is 4. The van der Waals surface area contributed by atoms with Crippen LogP contribution in [-0.4, -0.2) is 31.8 Å². The average molecular weight is 406 g/mol. The fourth-order valence-corrected chi connectivity index (χ4v) is 3.77. The fraction of sp³-hybridized carbons (Fsp3) is 0.364. The number of nitrogens with one attached hydrogen (secondary N) is 3. The molecule has 0 spiro atoms. The first-order chi connectivity index (χ1) is 14.4. The molecule has 8 heteroatoms. The zero-order chi connectivity index (χ0) is 21.1. The third-order valence-corrected chi connectivity index (χ3v) is 5.71. The third kappa shape index (κ3) is 4.12. The Kier molecular flexibility index (Phi) is 5.39. The number of carbonyl (C=O) groups excluding carboxylic acids is 2. The van der Waals surface area contributed by atoms with Gasteiger partial charge in [0, 0.05) is 23.8 Å². The maximum atomic E-state index is 12.5. The van der Waals surface area contributed by atoms with Crippen LogP contribution in [0.4, 0.5) is 5.69 Å². The minimum atomic E-state index is -0.405. The van der Waals surface area contributed by atoms with Crippen molar-refractivity contribution in [2.45, 2.75) is 51.1 Å². The highest BCUT2D eigenvalue weighted by molar-refractivity contribution is 5.93. The number of amides is 2. The van der Waals surface area contributed by atoms with E-state index in [-0.39, 0.29) is 23.8 Å². The molecule has 3 aromatic rings. The molecule has 0 radical (unpaired) electrons. The van der Waals surface area contributed by atoms with Crippen molar-refractivity contribution in [3.8, 4) is 0 Å². The van der Waals surface area contributed by atoms with Gasteiger partial charge in [0.2, 0.25) is 11.8 Å². The second-order valence-corrected chi connectivity index (χ2v) is 7.98. The Morgan fingerprint density at radius 3 is 2.57 bits per heavy atom. The van der Waals surface area contributed by atoms with Crippen molar-refractivity contribution in [2.24, 2.45) is 0 Å². The molecule has 2 aromatic heterocycles. The summed E-state index contributed by atoms with van der Waals surface area (Å²) in [6.07, 6.45) is 8.39. The summed E-state index contributed by atoms with van der Waals surface area (Å²) in [7, 11) is 0. The van der Waals surface area contributed by atoms with Gasteiger partial charge in [-0.25, -0.2) is 0 Å². The molecule has 156 valence electrons. The van der Waals surface area contributed by atoms with Crippen LogP contribution >= 0.6 is 0 Å². The van der Waals surface area contributed by atoms with Crippen LogP contribution in [-0.2, 0) is 21.5 Å². The van der Waals surface area contributed by atoms with Gasteiger partial charge in [-0.3, -0.25) is 19.4 Å². The second-order valence-electron chi connectivity index (χ2n) is 7.98. The van der Waals surface area contributed by atoms with Gasteiger partial charge in [0.1, 0.15) is 6.04 Å². The van der Waals surface area contributed by atoms with Crippen LogP contribution in [0.2, 0.25) is 0 Å². The van der Waals surface area contributed by atoms with E-state index in [9.17, 15) is 9.59 Å². The first-order valence-corrected chi connectivity index (χ1v) is 10.2. The molecule has 1 unspecified atom stereocenters. The molecule has 1 aromatic carbocycles. The summed E-state index contributed by atoms with van der Waals surface area (Å²) in [6, 6.07) is 9.13. The Morgan fingerprint density at radius 2 is 2.00 bits per heavy atom. The summed E-state index contributed by atoms with van der Waals surface area (Å²) in [4.78, 5) is 25.0. The van der Waals surface area contributed by atoms with Crippen LogP contribution < -0.4 is 10.6 Å². The smallest absolute Gasteiger partial charge is 0.248 e. The van der Waals surface area contributed by atoms with Crippen LogP contribution in [0.3, 0.4) is 0 Å². The SMILES string of the molecule is Cc1cnn(C(C)C(=O)Nc2ccc(C3(NC(=O)Cc4ccn[nH]4)CCC3)cc2)c1. The molecule has 8 nitrogen and oxygen atoms in total. The van der Waals surface area contributed by atoms with E-state index in [1.807, 2.05) is 44.3 Å². The van der Waals surface area contributed by atoms with E-state index >= 15 is 0 Å². The molecule has 1 atom stereocenters. The van der Waals surface area contributed by atoms with Gasteiger partial charge < -0.3 is 10.6 Å². The number of rotatable bonds is 7. The lowest BCUT2D eigenvalue weighted by Gasteiger charge is -2.43. The van der Waals surface area contributed by atoms with Gasteiger partial charge in [-0.2, -0.15) is 10.2 Å². The standard InChI is InChI=1S/C22H26N6O2/c1-15-13-24-28(14-15)16(2)21(30)25-18-6-4-17(5-7-18)22(9-3-10-22)26-20(29)12-19-8-11-23-27-19/h4-8,11,13-14,16H,3,9-10,12H2,1-2H3,(H,23,27)(H,25,30)(H,26,29). The van der Waals surface area contributed by atoms with Crippen molar-refractivity contribution in [1.29, 1.82) is 0 Å². The first kappa shape index (κ1) is 19.9. The molecule has 0 saturated heterocycles. The zero-order valence-electron chi connectivity index (χ0n) is 17.2. The normalized spacial score (nSPS) is 15.8. The molecular formula is C22H26N6O2. The van der Waals surface area contributed by atoms with E-state index in [0.717, 1.165) is 41.8 Å². The molecule has 4 rings (SSSR count). The molecular weight excluding hydrogens is 380 g/mol. The van der Waals surface area contributed by atoms with Crippen LogP contribution in [0.5, 0.6) is 0 Å². The van der Waals surface area contributed by atoms with E-state index in [1.54, 1.807) is 23.1 Å². The topological polar surface area (TPSA) is 105 Å². The highest BCUT2D eigenvalue weighted by atomic mass is 16.2. The molecule has 0 aliphatic heterocycles. The number of hydrogen-bond donors (Lipinski definition) is 3.